The Morgan fingerprint density at radius 2 is 1.74 bits per heavy atom. The molecule has 0 bridgehead atoms. The van der Waals surface area contributed by atoms with Crippen molar-refractivity contribution in [1.29, 1.82) is 0 Å². The lowest BCUT2D eigenvalue weighted by Crippen LogP contribution is -2.00. The predicted octanol–water partition coefficient (Wildman–Crippen LogP) is 4.43. The van der Waals surface area contributed by atoms with Gasteiger partial charge < -0.3 is 4.74 Å². The zero-order valence-electron chi connectivity index (χ0n) is 11.3. The lowest BCUT2D eigenvalue weighted by molar-refractivity contribution is 0.302. The summed E-state index contributed by atoms with van der Waals surface area (Å²) in [6, 6.07) is 12.5. The van der Waals surface area contributed by atoms with Crippen LogP contribution in [0.2, 0.25) is 0 Å². The number of rotatable bonds is 5. The molecule has 0 saturated heterocycles. The fourth-order valence-corrected chi connectivity index (χ4v) is 2.26. The van der Waals surface area contributed by atoms with Crippen LogP contribution in [0.5, 0.6) is 5.75 Å². The minimum atomic E-state index is 0.578. The number of aromatic nitrogens is 1. The highest BCUT2D eigenvalue weighted by atomic mass is 79.9. The Kier molecular flexibility index (Phi) is 4.97. The highest BCUT2D eigenvalue weighted by molar-refractivity contribution is 9.08. The number of aryl methyl sites for hydroxylation is 2. The molecule has 0 fully saturated rings. The van der Waals surface area contributed by atoms with Crippen molar-refractivity contribution in [3.05, 3.63) is 58.9 Å². The van der Waals surface area contributed by atoms with E-state index < -0.39 is 0 Å². The fraction of sp³-hybridized carbons (Fsp3) is 0.312. The van der Waals surface area contributed by atoms with E-state index in [4.69, 9.17) is 4.74 Å². The van der Waals surface area contributed by atoms with Crippen molar-refractivity contribution in [3.8, 4) is 5.75 Å². The maximum absolute atomic E-state index is 5.85. The summed E-state index contributed by atoms with van der Waals surface area (Å²) in [5.74, 6) is 0.849. The van der Waals surface area contributed by atoms with Gasteiger partial charge in [-0.05, 0) is 36.6 Å². The zero-order chi connectivity index (χ0) is 13.7. The molecule has 0 amide bonds. The van der Waals surface area contributed by atoms with Gasteiger partial charge in [0.2, 0.25) is 0 Å². The molecule has 3 heteroatoms. The standard InChI is InChI=1S/C16H18BrNO/c1-3-13-5-7-14(8-6-13)11-19-16-9-4-12(2)18-15(16)10-17/h4-9H,3,10-11H2,1-2H3. The first-order valence-corrected chi connectivity index (χ1v) is 7.58. The second-order valence-corrected chi connectivity index (χ2v) is 5.05. The summed E-state index contributed by atoms with van der Waals surface area (Å²) < 4.78 is 5.85. The third-order valence-corrected chi connectivity index (χ3v) is 3.55. The van der Waals surface area contributed by atoms with E-state index in [1.807, 2.05) is 19.1 Å². The molecule has 0 spiro atoms. The lowest BCUT2D eigenvalue weighted by Gasteiger charge is -2.10. The molecule has 2 aromatic rings. The summed E-state index contributed by atoms with van der Waals surface area (Å²) in [6.07, 6.45) is 1.07. The van der Waals surface area contributed by atoms with Crippen LogP contribution in [-0.2, 0) is 18.4 Å². The molecule has 0 aliphatic heterocycles. The second kappa shape index (κ2) is 6.71. The minimum Gasteiger partial charge on any atom is -0.487 e. The normalized spacial score (nSPS) is 10.5. The molecule has 0 aliphatic rings. The van der Waals surface area contributed by atoms with Gasteiger partial charge in [-0.25, -0.2) is 0 Å². The molecule has 1 aromatic carbocycles. The van der Waals surface area contributed by atoms with Crippen LogP contribution < -0.4 is 4.74 Å². The summed E-state index contributed by atoms with van der Waals surface area (Å²) in [5.41, 5.74) is 4.49. The monoisotopic (exact) mass is 319 g/mol. The summed E-state index contributed by atoms with van der Waals surface area (Å²) in [7, 11) is 0. The third kappa shape index (κ3) is 3.80. The molecule has 0 aliphatic carbocycles. The maximum atomic E-state index is 5.85. The molecule has 0 atom stereocenters. The number of nitrogens with zero attached hydrogens (tertiary/aromatic N) is 1. The number of halogens is 1. The molecule has 2 rings (SSSR count). The number of hydrogen-bond donors (Lipinski definition) is 0. The second-order valence-electron chi connectivity index (χ2n) is 4.49. The van der Waals surface area contributed by atoms with Crippen molar-refractivity contribution >= 4 is 15.9 Å². The topological polar surface area (TPSA) is 22.1 Å². The van der Waals surface area contributed by atoms with Crippen LogP contribution in [0, 0.1) is 6.92 Å². The van der Waals surface area contributed by atoms with Gasteiger partial charge in [0, 0.05) is 11.0 Å². The lowest BCUT2D eigenvalue weighted by atomic mass is 10.1. The van der Waals surface area contributed by atoms with E-state index in [1.54, 1.807) is 0 Å². The predicted molar refractivity (Wildman–Crippen MR) is 81.8 cm³/mol. The van der Waals surface area contributed by atoms with Gasteiger partial charge in [-0.15, -0.1) is 0 Å². The van der Waals surface area contributed by atoms with Crippen LogP contribution in [0.4, 0.5) is 0 Å². The summed E-state index contributed by atoms with van der Waals surface area (Å²) in [4.78, 5) is 4.46. The first-order valence-electron chi connectivity index (χ1n) is 6.46. The van der Waals surface area contributed by atoms with E-state index in [0.717, 1.165) is 23.6 Å². The zero-order valence-corrected chi connectivity index (χ0v) is 12.9. The Morgan fingerprint density at radius 3 is 2.37 bits per heavy atom. The third-order valence-electron chi connectivity index (χ3n) is 3.02. The SMILES string of the molecule is CCc1ccc(COc2ccc(C)nc2CBr)cc1. The molecule has 1 heterocycles. The van der Waals surface area contributed by atoms with E-state index in [9.17, 15) is 0 Å². The molecular formula is C16H18BrNO. The van der Waals surface area contributed by atoms with Crippen LogP contribution in [0.1, 0.15) is 29.4 Å². The number of ether oxygens (including phenoxy) is 1. The highest BCUT2D eigenvalue weighted by Crippen LogP contribution is 2.20. The number of alkyl halides is 1. The average Bonchev–Trinajstić information content (AvgIpc) is 2.46. The Balaban J connectivity index is 2.05. The summed E-state index contributed by atoms with van der Waals surface area (Å²) in [6.45, 7) is 4.72. The van der Waals surface area contributed by atoms with Crippen molar-refractivity contribution < 1.29 is 4.74 Å². The van der Waals surface area contributed by atoms with Gasteiger partial charge in [0.15, 0.2) is 0 Å². The van der Waals surface area contributed by atoms with E-state index >= 15 is 0 Å². The van der Waals surface area contributed by atoms with Gasteiger partial charge in [-0.3, -0.25) is 4.98 Å². The van der Waals surface area contributed by atoms with Gasteiger partial charge in [0.1, 0.15) is 12.4 Å². The highest BCUT2D eigenvalue weighted by Gasteiger charge is 2.05. The van der Waals surface area contributed by atoms with Gasteiger partial charge in [0.05, 0.1) is 5.69 Å². The van der Waals surface area contributed by atoms with Gasteiger partial charge in [-0.2, -0.15) is 0 Å². The fourth-order valence-electron chi connectivity index (χ4n) is 1.86. The Hall–Kier alpha value is -1.35. The largest absolute Gasteiger partial charge is 0.487 e. The molecule has 0 unspecified atom stereocenters. The molecule has 0 saturated carbocycles. The smallest absolute Gasteiger partial charge is 0.142 e. The molecule has 0 N–H and O–H groups in total. The first kappa shape index (κ1) is 14.1. The first-order chi connectivity index (χ1) is 9.22. The molecule has 2 nitrogen and oxygen atoms in total. The van der Waals surface area contributed by atoms with Crippen molar-refractivity contribution in [2.45, 2.75) is 32.2 Å². The maximum Gasteiger partial charge on any atom is 0.142 e. The van der Waals surface area contributed by atoms with E-state index in [0.29, 0.717) is 11.9 Å². The van der Waals surface area contributed by atoms with Crippen LogP contribution in [0.15, 0.2) is 36.4 Å². The van der Waals surface area contributed by atoms with E-state index in [1.165, 1.54) is 11.1 Å². The molecule has 100 valence electrons. The Morgan fingerprint density at radius 1 is 1.05 bits per heavy atom. The minimum absolute atomic E-state index is 0.578. The van der Waals surface area contributed by atoms with Crippen molar-refractivity contribution in [3.63, 3.8) is 0 Å². The average molecular weight is 320 g/mol. The van der Waals surface area contributed by atoms with E-state index in [2.05, 4.69) is 52.1 Å². The Bertz CT molecular complexity index is 537. The van der Waals surface area contributed by atoms with Crippen LogP contribution >= 0.6 is 15.9 Å². The number of hydrogen-bond acceptors (Lipinski definition) is 2. The molecular weight excluding hydrogens is 302 g/mol. The van der Waals surface area contributed by atoms with Crippen LogP contribution in [0.3, 0.4) is 0 Å². The van der Waals surface area contributed by atoms with Gasteiger partial charge >= 0.3 is 0 Å². The molecule has 19 heavy (non-hydrogen) atoms. The summed E-state index contributed by atoms with van der Waals surface area (Å²) in [5, 5.41) is 0.707. The number of pyridine rings is 1. The van der Waals surface area contributed by atoms with E-state index in [-0.39, 0.29) is 0 Å². The van der Waals surface area contributed by atoms with Crippen molar-refractivity contribution in [2.75, 3.05) is 0 Å². The Labute approximate surface area is 123 Å². The van der Waals surface area contributed by atoms with Crippen molar-refractivity contribution in [1.82, 2.24) is 4.98 Å². The van der Waals surface area contributed by atoms with Gasteiger partial charge in [-0.1, -0.05) is 47.1 Å². The van der Waals surface area contributed by atoms with Gasteiger partial charge in [0.25, 0.3) is 0 Å². The quantitative estimate of drug-likeness (QED) is 0.761. The number of benzene rings is 1. The van der Waals surface area contributed by atoms with Crippen LogP contribution in [0.25, 0.3) is 0 Å². The molecule has 1 aromatic heterocycles. The molecule has 0 radical (unpaired) electrons. The van der Waals surface area contributed by atoms with Crippen molar-refractivity contribution in [2.24, 2.45) is 0 Å². The van der Waals surface area contributed by atoms with Crippen LogP contribution in [-0.4, -0.2) is 4.98 Å². The summed E-state index contributed by atoms with van der Waals surface area (Å²) >= 11 is 3.45.